The molecule has 0 bridgehead atoms. The quantitative estimate of drug-likeness (QED) is 0.604. The minimum atomic E-state index is -4.62. The Morgan fingerprint density at radius 3 is 2.62 bits per heavy atom. The lowest BCUT2D eigenvalue weighted by molar-refractivity contribution is -0.136. The molecule has 154 valence electrons. The van der Waals surface area contributed by atoms with Gasteiger partial charge < -0.3 is 29.8 Å². The highest BCUT2D eigenvalue weighted by molar-refractivity contribution is 5.97. The van der Waals surface area contributed by atoms with Gasteiger partial charge in [-0.3, -0.25) is 0 Å². The second kappa shape index (κ2) is 7.07. The van der Waals surface area contributed by atoms with Crippen LogP contribution in [0.1, 0.15) is 11.3 Å². The number of methoxy groups -OCH3 is 2. The molecule has 1 aromatic heterocycles. The highest BCUT2D eigenvalue weighted by Gasteiger charge is 2.36. The summed E-state index contributed by atoms with van der Waals surface area (Å²) in [5.41, 5.74) is 0.479. The van der Waals surface area contributed by atoms with Crippen LogP contribution in [0.3, 0.4) is 0 Å². The number of benzene rings is 2. The van der Waals surface area contributed by atoms with Crippen molar-refractivity contribution < 1.29 is 27.8 Å². The summed E-state index contributed by atoms with van der Waals surface area (Å²) < 4.78 is 53.5. The summed E-state index contributed by atoms with van der Waals surface area (Å²) in [7, 11) is 2.99. The zero-order chi connectivity index (χ0) is 20.8. The number of hydrogen-bond acceptors (Lipinski definition) is 5. The van der Waals surface area contributed by atoms with Crippen molar-refractivity contribution in [1.29, 1.82) is 0 Å². The number of anilines is 2. The lowest BCUT2D eigenvalue weighted by Gasteiger charge is -2.17. The van der Waals surface area contributed by atoms with Crippen molar-refractivity contribution in [2.75, 3.05) is 26.1 Å². The average Bonchev–Trinajstić information content (AvgIpc) is 2.99. The summed E-state index contributed by atoms with van der Waals surface area (Å²) in [5, 5.41) is 16.8. The van der Waals surface area contributed by atoms with Crippen LogP contribution in [-0.4, -0.2) is 30.4 Å². The van der Waals surface area contributed by atoms with Crippen LogP contribution in [0.4, 0.5) is 24.5 Å². The number of rotatable bonds is 4. The highest BCUT2D eigenvalue weighted by atomic mass is 19.4. The van der Waals surface area contributed by atoms with Gasteiger partial charge in [-0.2, -0.15) is 13.2 Å². The summed E-state index contributed by atoms with van der Waals surface area (Å²) in [6.45, 7) is 1.36. The van der Waals surface area contributed by atoms with Crippen molar-refractivity contribution in [2.45, 2.75) is 19.3 Å². The van der Waals surface area contributed by atoms with Gasteiger partial charge in [-0.05, 0) is 24.3 Å². The number of hydrogen-bond donors (Lipinski definition) is 3. The Hall–Kier alpha value is -3.07. The van der Waals surface area contributed by atoms with E-state index in [-0.39, 0.29) is 17.0 Å². The zero-order valence-corrected chi connectivity index (χ0v) is 15.9. The lowest BCUT2D eigenvalue weighted by Crippen LogP contribution is -2.27. The SMILES string of the molecule is COc1ccc(Nc2cc(C(F)(F)F)c3c(O)n4c(c3c2)CNCC4)c(OC)c1. The van der Waals surface area contributed by atoms with E-state index in [9.17, 15) is 18.3 Å². The standard InChI is InChI=1S/C20H20F3N3O3/c1-28-12-3-4-15(17(9-12)29-2)25-11-7-13-16-10-24-5-6-26(16)19(27)18(13)14(8-11)20(21,22)23/h3-4,7-9,24-25,27H,5-6,10H2,1-2H3. The normalized spacial score (nSPS) is 14.0. The molecule has 0 aliphatic carbocycles. The maximum Gasteiger partial charge on any atom is 0.417 e. The van der Waals surface area contributed by atoms with E-state index < -0.39 is 11.7 Å². The minimum Gasteiger partial charge on any atom is -0.497 e. The Morgan fingerprint density at radius 2 is 1.93 bits per heavy atom. The Balaban J connectivity index is 1.88. The van der Waals surface area contributed by atoms with Crippen LogP contribution >= 0.6 is 0 Å². The van der Waals surface area contributed by atoms with Crippen molar-refractivity contribution >= 4 is 22.1 Å². The molecule has 0 atom stereocenters. The number of nitrogens with one attached hydrogen (secondary N) is 2. The molecule has 0 saturated heterocycles. The Kier molecular flexibility index (Phi) is 4.70. The van der Waals surface area contributed by atoms with Gasteiger partial charge in [-0.15, -0.1) is 0 Å². The van der Waals surface area contributed by atoms with Crippen molar-refractivity contribution in [3.63, 3.8) is 0 Å². The summed E-state index contributed by atoms with van der Waals surface area (Å²) in [6.07, 6.45) is -4.62. The second-order valence-electron chi connectivity index (χ2n) is 6.73. The van der Waals surface area contributed by atoms with Gasteiger partial charge in [0.2, 0.25) is 0 Å². The first-order valence-corrected chi connectivity index (χ1v) is 8.98. The van der Waals surface area contributed by atoms with Gasteiger partial charge >= 0.3 is 6.18 Å². The topological polar surface area (TPSA) is 67.7 Å². The summed E-state index contributed by atoms with van der Waals surface area (Å²) in [5.74, 6) is 0.648. The first-order valence-electron chi connectivity index (χ1n) is 8.98. The molecule has 0 unspecified atom stereocenters. The summed E-state index contributed by atoms with van der Waals surface area (Å²) >= 11 is 0. The Bertz CT molecular complexity index is 1080. The molecule has 1 aliphatic rings. The predicted octanol–water partition coefficient (Wildman–Crippen LogP) is 4.23. The summed E-state index contributed by atoms with van der Waals surface area (Å²) in [4.78, 5) is 0. The van der Waals surface area contributed by atoms with E-state index in [0.717, 1.165) is 6.07 Å². The largest absolute Gasteiger partial charge is 0.497 e. The van der Waals surface area contributed by atoms with Crippen LogP contribution in [0.15, 0.2) is 30.3 Å². The number of halogens is 3. The van der Waals surface area contributed by atoms with Crippen LogP contribution in [0.5, 0.6) is 17.4 Å². The molecular weight excluding hydrogens is 387 g/mol. The van der Waals surface area contributed by atoms with Crippen molar-refractivity contribution in [3.8, 4) is 17.4 Å². The Labute approximate surface area is 164 Å². The molecule has 0 spiro atoms. The molecule has 9 heteroatoms. The molecule has 0 amide bonds. The van der Waals surface area contributed by atoms with Gasteiger partial charge in [0.15, 0.2) is 5.88 Å². The van der Waals surface area contributed by atoms with Gasteiger partial charge in [0, 0.05) is 42.5 Å². The van der Waals surface area contributed by atoms with Gasteiger partial charge in [-0.1, -0.05) is 0 Å². The molecule has 0 saturated carbocycles. The van der Waals surface area contributed by atoms with Crippen LogP contribution in [-0.2, 0) is 19.3 Å². The van der Waals surface area contributed by atoms with E-state index in [1.54, 1.807) is 24.3 Å². The van der Waals surface area contributed by atoms with E-state index in [1.165, 1.54) is 18.8 Å². The van der Waals surface area contributed by atoms with Crippen molar-refractivity contribution in [1.82, 2.24) is 9.88 Å². The molecule has 3 N–H and O–H groups in total. The number of aromatic nitrogens is 1. The Morgan fingerprint density at radius 1 is 1.14 bits per heavy atom. The molecule has 2 heterocycles. The van der Waals surface area contributed by atoms with Crippen molar-refractivity contribution in [3.05, 3.63) is 41.6 Å². The van der Waals surface area contributed by atoms with Gasteiger partial charge in [0.1, 0.15) is 11.5 Å². The number of alkyl halides is 3. The van der Waals surface area contributed by atoms with E-state index in [2.05, 4.69) is 10.6 Å². The third-order valence-corrected chi connectivity index (χ3v) is 5.05. The van der Waals surface area contributed by atoms with E-state index >= 15 is 0 Å². The fourth-order valence-corrected chi connectivity index (χ4v) is 3.70. The van der Waals surface area contributed by atoms with E-state index in [4.69, 9.17) is 9.47 Å². The molecule has 6 nitrogen and oxygen atoms in total. The minimum absolute atomic E-state index is 0.177. The number of nitrogens with zero attached hydrogens (tertiary/aromatic N) is 1. The molecule has 0 radical (unpaired) electrons. The summed E-state index contributed by atoms with van der Waals surface area (Å²) in [6, 6.07) is 7.62. The average molecular weight is 407 g/mol. The number of fused-ring (bicyclic) bond motifs is 3. The van der Waals surface area contributed by atoms with Gasteiger partial charge in [-0.25, -0.2) is 0 Å². The fraction of sp³-hybridized carbons (Fsp3) is 0.300. The molecule has 3 aromatic rings. The molecule has 2 aromatic carbocycles. The lowest BCUT2D eigenvalue weighted by atomic mass is 10.0. The molecule has 1 aliphatic heterocycles. The maximum atomic E-state index is 13.8. The molecular formula is C20H20F3N3O3. The van der Waals surface area contributed by atoms with E-state index in [1.807, 2.05) is 0 Å². The zero-order valence-electron chi connectivity index (χ0n) is 15.9. The molecule has 4 rings (SSSR count). The van der Waals surface area contributed by atoms with Gasteiger partial charge in [0.05, 0.1) is 30.9 Å². The van der Waals surface area contributed by atoms with E-state index in [0.29, 0.717) is 47.9 Å². The van der Waals surface area contributed by atoms with Crippen LogP contribution in [0, 0.1) is 0 Å². The van der Waals surface area contributed by atoms with Gasteiger partial charge in [0.25, 0.3) is 0 Å². The molecule has 29 heavy (non-hydrogen) atoms. The number of ether oxygens (including phenoxy) is 2. The number of aromatic hydroxyl groups is 1. The van der Waals surface area contributed by atoms with Crippen molar-refractivity contribution in [2.24, 2.45) is 0 Å². The smallest absolute Gasteiger partial charge is 0.417 e. The maximum absolute atomic E-state index is 13.8. The van der Waals surface area contributed by atoms with Crippen LogP contribution in [0.25, 0.3) is 10.8 Å². The van der Waals surface area contributed by atoms with Crippen LogP contribution in [0.2, 0.25) is 0 Å². The first-order chi connectivity index (χ1) is 13.8. The predicted molar refractivity (Wildman–Crippen MR) is 103 cm³/mol. The molecule has 0 fully saturated rings. The third kappa shape index (κ3) is 3.31. The second-order valence-corrected chi connectivity index (χ2v) is 6.73. The van der Waals surface area contributed by atoms with Crippen LogP contribution < -0.4 is 20.1 Å². The first kappa shape index (κ1) is 19.3. The monoisotopic (exact) mass is 407 g/mol. The highest BCUT2D eigenvalue weighted by Crippen LogP contribution is 2.44. The third-order valence-electron chi connectivity index (χ3n) is 5.05. The fourth-order valence-electron chi connectivity index (χ4n) is 3.70.